The monoisotopic (exact) mass is 360 g/mol. The van der Waals surface area contributed by atoms with Crippen molar-refractivity contribution in [2.75, 3.05) is 6.61 Å². The summed E-state index contributed by atoms with van der Waals surface area (Å²) in [6, 6.07) is 0. The number of fused-ring (bicyclic) bond motifs is 1. The minimum atomic E-state index is -3.51. The van der Waals surface area contributed by atoms with E-state index in [1.165, 1.54) is 0 Å². The van der Waals surface area contributed by atoms with E-state index in [1.807, 2.05) is 6.92 Å². The maximum atomic E-state index is 12.0. The number of carbonyl (C=O) groups is 2. The van der Waals surface area contributed by atoms with Crippen molar-refractivity contribution in [3.8, 4) is 0 Å². The summed E-state index contributed by atoms with van der Waals surface area (Å²) in [5, 5.41) is -0.431. The third kappa shape index (κ3) is 2.94. The highest BCUT2D eigenvalue weighted by molar-refractivity contribution is 7.87. The number of ether oxygens (including phenoxy) is 2. The first-order valence-electron chi connectivity index (χ1n) is 8.44. The Morgan fingerprint density at radius 3 is 2.62 bits per heavy atom. The highest BCUT2D eigenvalue weighted by atomic mass is 32.2. The predicted molar refractivity (Wildman–Crippen MR) is 83.3 cm³/mol. The van der Waals surface area contributed by atoms with Crippen molar-refractivity contribution in [3.63, 3.8) is 0 Å². The lowest BCUT2D eigenvalue weighted by Gasteiger charge is -2.25. The lowest BCUT2D eigenvalue weighted by atomic mass is 9.91. The zero-order valence-electron chi connectivity index (χ0n) is 14.2. The van der Waals surface area contributed by atoms with Gasteiger partial charge in [-0.25, -0.2) is 0 Å². The zero-order valence-corrected chi connectivity index (χ0v) is 15.0. The van der Waals surface area contributed by atoms with Crippen molar-refractivity contribution in [3.05, 3.63) is 0 Å². The first-order valence-corrected chi connectivity index (χ1v) is 9.91. The molecule has 2 saturated carbocycles. The van der Waals surface area contributed by atoms with Gasteiger partial charge in [-0.15, -0.1) is 0 Å². The molecule has 2 bridgehead atoms. The van der Waals surface area contributed by atoms with Gasteiger partial charge in [0.15, 0.2) is 0 Å². The molecule has 0 amide bonds. The van der Waals surface area contributed by atoms with E-state index < -0.39 is 39.0 Å². The van der Waals surface area contributed by atoms with Gasteiger partial charge in [0.2, 0.25) is 0 Å². The maximum absolute atomic E-state index is 12.0. The molecular weight excluding hydrogens is 336 g/mol. The molecule has 0 spiro atoms. The van der Waals surface area contributed by atoms with E-state index in [4.69, 9.17) is 13.7 Å². The minimum absolute atomic E-state index is 0.0334. The van der Waals surface area contributed by atoms with E-state index in [1.54, 1.807) is 13.8 Å². The average molecular weight is 360 g/mol. The number of rotatable bonds is 6. The molecule has 2 aliphatic carbocycles. The zero-order chi connectivity index (χ0) is 17.7. The molecule has 7 nitrogen and oxygen atoms in total. The van der Waals surface area contributed by atoms with Gasteiger partial charge in [0.05, 0.1) is 17.1 Å². The van der Waals surface area contributed by atoms with Crippen LogP contribution in [0, 0.1) is 17.3 Å². The van der Waals surface area contributed by atoms with E-state index in [0.29, 0.717) is 12.8 Å². The smallest absolute Gasteiger partial charge is 0.311 e. The van der Waals surface area contributed by atoms with Crippen LogP contribution in [-0.2, 0) is 33.4 Å². The molecular formula is C16H24O7S. The lowest BCUT2D eigenvalue weighted by molar-refractivity contribution is -0.161. The topological polar surface area (TPSA) is 96.0 Å². The SMILES string of the molecule is CCC(C)(C)C(=O)OCCC(=O)OC1C2CC3C1OS(=O)(=O)C3C2. The van der Waals surface area contributed by atoms with Gasteiger partial charge in [-0.3, -0.25) is 13.8 Å². The van der Waals surface area contributed by atoms with Gasteiger partial charge in [-0.05, 0) is 33.1 Å². The molecule has 1 aliphatic heterocycles. The summed E-state index contributed by atoms with van der Waals surface area (Å²) in [6.45, 7) is 5.44. The van der Waals surface area contributed by atoms with E-state index >= 15 is 0 Å². The summed E-state index contributed by atoms with van der Waals surface area (Å²) < 4.78 is 39.4. The van der Waals surface area contributed by atoms with Gasteiger partial charge in [0, 0.05) is 11.8 Å². The number of hydrogen-bond donors (Lipinski definition) is 0. The summed E-state index contributed by atoms with van der Waals surface area (Å²) >= 11 is 0. The highest BCUT2D eigenvalue weighted by Crippen LogP contribution is 2.55. The quantitative estimate of drug-likeness (QED) is 0.522. The third-order valence-corrected chi connectivity index (χ3v) is 7.43. The Morgan fingerprint density at radius 1 is 1.25 bits per heavy atom. The Kier molecular flexibility index (Phi) is 4.40. The van der Waals surface area contributed by atoms with Crippen molar-refractivity contribution < 1.29 is 31.7 Å². The summed E-state index contributed by atoms with van der Waals surface area (Å²) in [4.78, 5) is 23.8. The molecule has 5 atom stereocenters. The van der Waals surface area contributed by atoms with Crippen LogP contribution in [0.3, 0.4) is 0 Å². The van der Waals surface area contributed by atoms with Gasteiger partial charge in [0.25, 0.3) is 10.1 Å². The van der Waals surface area contributed by atoms with Gasteiger partial charge in [-0.1, -0.05) is 6.92 Å². The van der Waals surface area contributed by atoms with E-state index in [0.717, 1.165) is 6.42 Å². The molecule has 136 valence electrons. The van der Waals surface area contributed by atoms with Gasteiger partial charge in [-0.2, -0.15) is 8.42 Å². The molecule has 3 fully saturated rings. The lowest BCUT2D eigenvalue weighted by Crippen LogP contribution is -2.37. The first-order chi connectivity index (χ1) is 11.2. The Hall–Kier alpha value is -1.15. The van der Waals surface area contributed by atoms with Crippen molar-refractivity contribution in [1.29, 1.82) is 0 Å². The highest BCUT2D eigenvalue weighted by Gasteiger charge is 2.65. The molecule has 0 radical (unpaired) electrons. The number of carbonyl (C=O) groups excluding carboxylic acids is 2. The van der Waals surface area contributed by atoms with Crippen molar-refractivity contribution >= 4 is 22.1 Å². The fourth-order valence-corrected chi connectivity index (χ4v) is 5.70. The maximum Gasteiger partial charge on any atom is 0.311 e. The molecule has 0 aromatic rings. The fraction of sp³-hybridized carbons (Fsp3) is 0.875. The van der Waals surface area contributed by atoms with Gasteiger partial charge in [0.1, 0.15) is 18.8 Å². The molecule has 3 rings (SSSR count). The van der Waals surface area contributed by atoms with Crippen LogP contribution < -0.4 is 0 Å². The average Bonchev–Trinajstić information content (AvgIpc) is 3.11. The first kappa shape index (κ1) is 17.7. The Labute approximate surface area is 142 Å². The minimum Gasteiger partial charge on any atom is -0.465 e. The second-order valence-electron chi connectivity index (χ2n) is 7.57. The van der Waals surface area contributed by atoms with Gasteiger partial charge < -0.3 is 9.47 Å². The van der Waals surface area contributed by atoms with E-state index in [2.05, 4.69) is 0 Å². The fourth-order valence-electron chi connectivity index (χ4n) is 3.82. The molecule has 0 aromatic carbocycles. The van der Waals surface area contributed by atoms with Crippen LogP contribution in [0.2, 0.25) is 0 Å². The van der Waals surface area contributed by atoms with Gasteiger partial charge >= 0.3 is 11.9 Å². The van der Waals surface area contributed by atoms with Crippen LogP contribution in [0.25, 0.3) is 0 Å². The van der Waals surface area contributed by atoms with E-state index in [-0.39, 0.29) is 30.8 Å². The summed E-state index contributed by atoms with van der Waals surface area (Å²) in [5.74, 6) is -0.835. The Morgan fingerprint density at radius 2 is 1.96 bits per heavy atom. The molecule has 8 heteroatoms. The Bertz CT molecular complexity index is 639. The van der Waals surface area contributed by atoms with Crippen LogP contribution in [0.1, 0.15) is 46.5 Å². The second kappa shape index (κ2) is 5.98. The van der Waals surface area contributed by atoms with Crippen molar-refractivity contribution in [2.24, 2.45) is 17.3 Å². The van der Waals surface area contributed by atoms with Crippen molar-refractivity contribution in [2.45, 2.75) is 63.9 Å². The standard InChI is InChI=1S/C16H24O7S/c1-4-16(2,3)15(18)21-6-5-12(17)22-13-9-7-10-11(8-9)24(19,20)23-14(10)13/h9-11,13-14H,4-8H2,1-3H3. The normalized spacial score (nSPS) is 35.9. The summed E-state index contributed by atoms with van der Waals surface area (Å²) in [7, 11) is -3.51. The predicted octanol–water partition coefficient (Wildman–Crippen LogP) is 1.40. The molecule has 5 unspecified atom stereocenters. The summed E-state index contributed by atoms with van der Waals surface area (Å²) in [5.41, 5.74) is -0.574. The number of esters is 2. The molecule has 1 heterocycles. The number of hydrogen-bond acceptors (Lipinski definition) is 7. The van der Waals surface area contributed by atoms with Crippen LogP contribution in [0.5, 0.6) is 0 Å². The molecule has 1 saturated heterocycles. The molecule has 0 N–H and O–H groups in total. The van der Waals surface area contributed by atoms with Crippen LogP contribution in [-0.4, -0.2) is 44.4 Å². The molecule has 0 aromatic heterocycles. The Balaban J connectivity index is 1.48. The van der Waals surface area contributed by atoms with E-state index in [9.17, 15) is 18.0 Å². The van der Waals surface area contributed by atoms with Crippen LogP contribution in [0.4, 0.5) is 0 Å². The molecule has 24 heavy (non-hydrogen) atoms. The molecule has 3 aliphatic rings. The van der Waals surface area contributed by atoms with Crippen LogP contribution in [0.15, 0.2) is 0 Å². The largest absolute Gasteiger partial charge is 0.465 e. The van der Waals surface area contributed by atoms with Crippen LogP contribution >= 0.6 is 0 Å². The van der Waals surface area contributed by atoms with Crippen molar-refractivity contribution in [1.82, 2.24) is 0 Å². The second-order valence-corrected chi connectivity index (χ2v) is 9.35. The third-order valence-electron chi connectivity index (χ3n) is 5.66. The summed E-state index contributed by atoms with van der Waals surface area (Å²) in [6.07, 6.45) is 0.800.